The van der Waals surface area contributed by atoms with Crippen LogP contribution in [0.5, 0.6) is 0 Å². The maximum Gasteiger partial charge on any atom is 0.257 e. The van der Waals surface area contributed by atoms with Gasteiger partial charge in [0.25, 0.3) is 17.1 Å². The van der Waals surface area contributed by atoms with Crippen LogP contribution in [0.1, 0.15) is 0 Å². The van der Waals surface area contributed by atoms with Crippen molar-refractivity contribution in [2.45, 2.75) is 0 Å². The van der Waals surface area contributed by atoms with Crippen molar-refractivity contribution in [3.8, 4) is 0 Å². The molecule has 0 aromatic rings. The van der Waals surface area contributed by atoms with Gasteiger partial charge in [0, 0.05) is 0 Å². The van der Waals surface area contributed by atoms with Gasteiger partial charge in [0.2, 0.25) is 0 Å². The Bertz CT molecular complexity index is 116. The Morgan fingerprint density at radius 2 is 1.25 bits per heavy atom. The van der Waals surface area contributed by atoms with E-state index in [-0.39, 0.29) is 0 Å². The lowest BCUT2D eigenvalue weighted by atomic mass is 10.6. The molecule has 42 valence electrons. The molecule has 0 fully saturated rings. The maximum absolute atomic E-state index is 8.94. The Hall–Kier alpha value is -0.166. The molecule has 0 saturated carbocycles. The first kappa shape index (κ1) is 5.96. The molecular formula is C4H6O2Si2. The minimum Gasteiger partial charge on any atom is -0.428 e. The monoisotopic (exact) mass is 142 g/mol. The summed E-state index contributed by atoms with van der Waals surface area (Å²) in [4.78, 5) is 17.9. The van der Waals surface area contributed by atoms with Gasteiger partial charge in [-0.25, -0.2) is 0 Å². The van der Waals surface area contributed by atoms with Crippen LogP contribution in [0.3, 0.4) is 0 Å². The van der Waals surface area contributed by atoms with Crippen molar-refractivity contribution >= 4 is 17.1 Å². The Labute approximate surface area is 51.0 Å². The molecule has 2 radical (unpaired) electrons. The largest absolute Gasteiger partial charge is 0.428 e. The summed E-state index contributed by atoms with van der Waals surface area (Å²) in [5.74, 6) is 0. The molecule has 2 nitrogen and oxygen atoms in total. The van der Waals surface area contributed by atoms with Gasteiger partial charge in [-0.05, 0) is 0 Å². The zero-order valence-corrected chi connectivity index (χ0v) is 6.20. The molecule has 0 atom stereocenters. The van der Waals surface area contributed by atoms with E-state index in [9.17, 15) is 0 Å². The van der Waals surface area contributed by atoms with E-state index in [4.69, 9.17) is 9.59 Å². The van der Waals surface area contributed by atoms with Crippen LogP contribution in [0.15, 0.2) is 23.6 Å². The molecule has 1 aliphatic rings. The summed E-state index contributed by atoms with van der Waals surface area (Å²) < 4.78 is 0. The molecule has 0 aromatic heterocycles. The van der Waals surface area contributed by atoms with Crippen molar-refractivity contribution in [3.63, 3.8) is 0 Å². The van der Waals surface area contributed by atoms with E-state index in [1.54, 1.807) is 23.6 Å². The maximum atomic E-state index is 8.94. The number of hydrogen-bond donors (Lipinski definition) is 2. The lowest BCUT2D eigenvalue weighted by molar-refractivity contribution is 0.562. The van der Waals surface area contributed by atoms with E-state index in [0.717, 1.165) is 0 Å². The number of rotatable bonds is 0. The van der Waals surface area contributed by atoms with Crippen LogP contribution < -0.4 is 0 Å². The Kier molecular flexibility index (Phi) is 1.79. The summed E-state index contributed by atoms with van der Waals surface area (Å²) >= 11 is 0. The molecule has 0 spiro atoms. The summed E-state index contributed by atoms with van der Waals surface area (Å²) in [5.41, 5.74) is 3.39. The molecule has 0 amide bonds. The highest BCUT2D eigenvalue weighted by Crippen LogP contribution is 1.94. The van der Waals surface area contributed by atoms with Gasteiger partial charge in [-0.1, -0.05) is 23.6 Å². The fourth-order valence-corrected chi connectivity index (χ4v) is 2.99. The molecule has 0 aromatic carbocycles. The van der Waals surface area contributed by atoms with Gasteiger partial charge >= 0.3 is 0 Å². The van der Waals surface area contributed by atoms with E-state index >= 15 is 0 Å². The third-order valence-corrected chi connectivity index (χ3v) is 5.00. The molecular weight excluding hydrogens is 136 g/mol. The molecule has 0 aliphatic carbocycles. The first-order chi connectivity index (χ1) is 3.80. The summed E-state index contributed by atoms with van der Waals surface area (Å²) in [6.07, 6.45) is 3.55. The minimum absolute atomic E-state index is 1.48. The van der Waals surface area contributed by atoms with Gasteiger partial charge in [0.15, 0.2) is 0 Å². The predicted molar refractivity (Wildman–Crippen MR) is 34.2 cm³/mol. The quantitative estimate of drug-likeness (QED) is 0.436. The second-order valence-corrected chi connectivity index (χ2v) is 6.77. The average molecular weight is 142 g/mol. The van der Waals surface area contributed by atoms with Crippen molar-refractivity contribution in [1.82, 2.24) is 0 Å². The van der Waals surface area contributed by atoms with Gasteiger partial charge in [0.05, 0.1) is 0 Å². The van der Waals surface area contributed by atoms with Crippen LogP contribution in [-0.4, -0.2) is 26.7 Å². The van der Waals surface area contributed by atoms with Gasteiger partial charge in [-0.3, -0.25) is 0 Å². The lowest BCUT2D eigenvalue weighted by Gasteiger charge is -2.04. The number of hydrogen-bond acceptors (Lipinski definition) is 2. The average Bonchev–Trinajstić information content (AvgIpc) is 1.77. The topological polar surface area (TPSA) is 40.5 Å². The van der Waals surface area contributed by atoms with Crippen molar-refractivity contribution in [3.05, 3.63) is 23.6 Å². The fraction of sp³-hybridized carbons (Fsp3) is 0. The normalized spacial score (nSPS) is 22.2. The molecule has 2 N–H and O–H groups in total. The molecule has 1 heterocycles. The highest BCUT2D eigenvalue weighted by atomic mass is 29.2. The fourth-order valence-electron chi connectivity index (χ4n) is 0.464. The van der Waals surface area contributed by atoms with E-state index in [0.29, 0.717) is 0 Å². The van der Waals surface area contributed by atoms with Crippen LogP contribution in [0.25, 0.3) is 0 Å². The molecule has 8 heavy (non-hydrogen) atoms. The minimum atomic E-state index is -1.48. The van der Waals surface area contributed by atoms with Crippen LogP contribution in [0.4, 0.5) is 0 Å². The summed E-state index contributed by atoms with van der Waals surface area (Å²) in [5, 5.41) is 0. The molecule has 4 heteroatoms. The second-order valence-electron chi connectivity index (χ2n) is 1.49. The van der Waals surface area contributed by atoms with E-state index in [1.165, 1.54) is 0 Å². The molecule has 0 unspecified atom stereocenters. The highest BCUT2D eigenvalue weighted by Gasteiger charge is 2.18. The van der Waals surface area contributed by atoms with E-state index in [2.05, 4.69) is 0 Å². The zero-order valence-electron chi connectivity index (χ0n) is 4.20. The van der Waals surface area contributed by atoms with E-state index < -0.39 is 17.1 Å². The molecule has 0 saturated heterocycles. The van der Waals surface area contributed by atoms with Crippen LogP contribution in [-0.2, 0) is 0 Å². The smallest absolute Gasteiger partial charge is 0.257 e. The third kappa shape index (κ3) is 1.16. The zero-order chi connectivity index (χ0) is 5.98. The highest BCUT2D eigenvalue weighted by molar-refractivity contribution is 7.20. The van der Waals surface area contributed by atoms with Crippen LogP contribution in [0.2, 0.25) is 0 Å². The Morgan fingerprint density at radius 3 is 1.50 bits per heavy atom. The third-order valence-electron chi connectivity index (χ3n) is 0.882. The molecule has 1 aliphatic heterocycles. The SMILES string of the molecule is O[Si]1C=CC=C[Si]1O. The van der Waals surface area contributed by atoms with Crippen LogP contribution in [0, 0.1) is 0 Å². The van der Waals surface area contributed by atoms with Gasteiger partial charge in [-0.15, -0.1) is 0 Å². The van der Waals surface area contributed by atoms with E-state index in [1.807, 2.05) is 0 Å². The van der Waals surface area contributed by atoms with Crippen molar-refractivity contribution in [2.75, 3.05) is 0 Å². The Balaban J connectivity index is 2.59. The molecule has 0 bridgehead atoms. The number of allylic oxidation sites excluding steroid dienone is 2. The second kappa shape index (κ2) is 2.41. The standard InChI is InChI=1S/C4H6O2Si2/c5-7-3-1-2-4-8(7)6/h1-6H. The predicted octanol–water partition coefficient (Wildman–Crippen LogP) is -0.763. The van der Waals surface area contributed by atoms with Crippen molar-refractivity contribution in [1.29, 1.82) is 0 Å². The summed E-state index contributed by atoms with van der Waals surface area (Å²) in [7, 11) is -2.96. The van der Waals surface area contributed by atoms with Gasteiger partial charge in [0.1, 0.15) is 0 Å². The molecule has 1 rings (SSSR count). The lowest BCUT2D eigenvalue weighted by Crippen LogP contribution is -2.33. The van der Waals surface area contributed by atoms with Gasteiger partial charge in [-0.2, -0.15) is 0 Å². The Morgan fingerprint density at radius 1 is 0.875 bits per heavy atom. The van der Waals surface area contributed by atoms with Crippen molar-refractivity contribution < 1.29 is 9.59 Å². The van der Waals surface area contributed by atoms with Gasteiger partial charge < -0.3 is 9.59 Å². The van der Waals surface area contributed by atoms with Crippen LogP contribution >= 0.6 is 0 Å². The first-order valence-corrected chi connectivity index (χ1v) is 6.32. The summed E-state index contributed by atoms with van der Waals surface area (Å²) in [6, 6.07) is 0. The summed E-state index contributed by atoms with van der Waals surface area (Å²) in [6.45, 7) is 0. The first-order valence-electron chi connectivity index (χ1n) is 2.27. The van der Waals surface area contributed by atoms with Crippen molar-refractivity contribution in [2.24, 2.45) is 0 Å².